The van der Waals surface area contributed by atoms with Crippen LogP contribution in [0.4, 0.5) is 4.79 Å². The van der Waals surface area contributed by atoms with Crippen molar-refractivity contribution in [2.45, 2.75) is 52.0 Å². The van der Waals surface area contributed by atoms with Crippen LogP contribution in [0.2, 0.25) is 0 Å². The molecule has 1 saturated heterocycles. The van der Waals surface area contributed by atoms with Gasteiger partial charge < -0.3 is 34.1 Å². The first-order chi connectivity index (χ1) is 18.2. The number of nitrogens with zero attached hydrogens (tertiary/aromatic N) is 3. The number of aromatic amines is 1. The summed E-state index contributed by atoms with van der Waals surface area (Å²) < 4.78 is 22.8. The van der Waals surface area contributed by atoms with Gasteiger partial charge in [-0.2, -0.15) is 0 Å². The van der Waals surface area contributed by atoms with Gasteiger partial charge in [0.15, 0.2) is 5.76 Å². The van der Waals surface area contributed by atoms with Gasteiger partial charge in [-0.05, 0) is 46.2 Å². The summed E-state index contributed by atoms with van der Waals surface area (Å²) in [6.45, 7) is 8.86. The number of hydrogen-bond acceptors (Lipinski definition) is 8. The zero-order valence-electron chi connectivity index (χ0n) is 21.8. The second-order valence-electron chi connectivity index (χ2n) is 10.1. The molecule has 3 aromatic rings. The van der Waals surface area contributed by atoms with E-state index in [1.54, 1.807) is 11.1 Å². The SMILES string of the molecule is CCOc1cccc(C2OC=C(c3ncnc4c(C(=O)N[C@@H]5CCN(C(=O)OC(C)(C)C)C5)c[nH]c34)O2)c1. The van der Waals surface area contributed by atoms with Gasteiger partial charge in [-0.3, -0.25) is 4.79 Å². The van der Waals surface area contributed by atoms with Crippen molar-refractivity contribution in [1.82, 2.24) is 25.2 Å². The molecule has 0 bridgehead atoms. The summed E-state index contributed by atoms with van der Waals surface area (Å²) in [5.41, 5.74) is 2.10. The van der Waals surface area contributed by atoms with E-state index in [0.29, 0.717) is 54.2 Å². The maximum absolute atomic E-state index is 13.1. The number of hydrogen-bond donors (Lipinski definition) is 2. The number of aromatic nitrogens is 3. The summed E-state index contributed by atoms with van der Waals surface area (Å²) in [5, 5.41) is 3.00. The molecule has 11 heteroatoms. The number of carbonyl (C=O) groups excluding carboxylic acids is 2. The Kier molecular flexibility index (Phi) is 6.83. The average molecular weight is 522 g/mol. The normalized spacial score (nSPS) is 19.1. The van der Waals surface area contributed by atoms with Crippen molar-refractivity contribution in [3.05, 3.63) is 59.9 Å². The Morgan fingerprint density at radius 3 is 2.89 bits per heavy atom. The molecule has 0 radical (unpaired) electrons. The van der Waals surface area contributed by atoms with Crippen LogP contribution >= 0.6 is 0 Å². The molecule has 2 aliphatic rings. The molecule has 0 aliphatic carbocycles. The number of ether oxygens (including phenoxy) is 4. The zero-order chi connectivity index (χ0) is 26.9. The summed E-state index contributed by atoms with van der Waals surface area (Å²) in [6.07, 6.45) is 4.09. The van der Waals surface area contributed by atoms with Crippen LogP contribution in [0.5, 0.6) is 5.75 Å². The van der Waals surface area contributed by atoms with Gasteiger partial charge in [0, 0.05) is 30.9 Å². The average Bonchev–Trinajstić information content (AvgIpc) is 3.63. The topological polar surface area (TPSA) is 128 Å². The van der Waals surface area contributed by atoms with E-state index >= 15 is 0 Å². The number of amides is 2. The molecule has 38 heavy (non-hydrogen) atoms. The van der Waals surface area contributed by atoms with Crippen molar-refractivity contribution in [2.75, 3.05) is 19.7 Å². The number of rotatable bonds is 6. The molecular formula is C27H31N5O6. The van der Waals surface area contributed by atoms with Gasteiger partial charge in [-0.25, -0.2) is 14.8 Å². The molecule has 200 valence electrons. The molecule has 2 aliphatic heterocycles. The molecule has 1 aromatic carbocycles. The highest BCUT2D eigenvalue weighted by molar-refractivity contribution is 6.06. The highest BCUT2D eigenvalue weighted by Crippen LogP contribution is 2.36. The number of fused-ring (bicyclic) bond motifs is 1. The van der Waals surface area contributed by atoms with Gasteiger partial charge in [0.05, 0.1) is 17.7 Å². The third-order valence-corrected chi connectivity index (χ3v) is 6.09. The fourth-order valence-corrected chi connectivity index (χ4v) is 4.40. The Bertz CT molecular complexity index is 1380. The largest absolute Gasteiger partial charge is 0.494 e. The standard InChI is InChI=1S/C27H31N5O6/c1-5-35-18-8-6-7-16(11-18)25-36-14-20(37-25)22-23-21(29-15-30-22)19(12-28-23)24(33)31-17-9-10-32(13-17)26(34)38-27(2,3)4/h6-8,11-12,14-15,17,25,28H,5,9-10,13H2,1-4H3,(H,31,33)/t17-,25?/m1/s1. The quantitative estimate of drug-likeness (QED) is 0.495. The maximum Gasteiger partial charge on any atom is 0.410 e. The summed E-state index contributed by atoms with van der Waals surface area (Å²) in [4.78, 5) is 38.9. The third-order valence-electron chi connectivity index (χ3n) is 6.09. The van der Waals surface area contributed by atoms with Crippen molar-refractivity contribution in [2.24, 2.45) is 0 Å². The summed E-state index contributed by atoms with van der Waals surface area (Å²) in [7, 11) is 0. The van der Waals surface area contributed by atoms with Crippen molar-refractivity contribution < 1.29 is 28.5 Å². The minimum absolute atomic E-state index is 0.191. The number of benzene rings is 1. The molecular weight excluding hydrogens is 490 g/mol. The second-order valence-corrected chi connectivity index (χ2v) is 10.1. The molecule has 0 saturated carbocycles. The van der Waals surface area contributed by atoms with Gasteiger partial charge in [0.25, 0.3) is 12.2 Å². The van der Waals surface area contributed by atoms with Crippen LogP contribution in [0, 0.1) is 0 Å². The van der Waals surface area contributed by atoms with E-state index in [0.717, 1.165) is 11.3 Å². The first-order valence-corrected chi connectivity index (χ1v) is 12.6. The van der Waals surface area contributed by atoms with Crippen molar-refractivity contribution in [3.63, 3.8) is 0 Å². The lowest BCUT2D eigenvalue weighted by Crippen LogP contribution is -2.40. The molecule has 1 unspecified atom stereocenters. The molecule has 2 amide bonds. The van der Waals surface area contributed by atoms with Gasteiger partial charge in [-0.15, -0.1) is 0 Å². The number of likely N-dealkylation sites (tertiary alicyclic amines) is 1. The van der Waals surface area contributed by atoms with E-state index in [9.17, 15) is 9.59 Å². The Hall–Kier alpha value is -4.28. The lowest BCUT2D eigenvalue weighted by atomic mass is 10.2. The van der Waals surface area contributed by atoms with Crippen LogP contribution in [-0.2, 0) is 14.2 Å². The first kappa shape index (κ1) is 25.4. The number of carbonyl (C=O) groups is 2. The monoisotopic (exact) mass is 521 g/mol. The highest BCUT2D eigenvalue weighted by Gasteiger charge is 2.32. The summed E-state index contributed by atoms with van der Waals surface area (Å²) in [5.74, 6) is 0.855. The van der Waals surface area contributed by atoms with Crippen LogP contribution in [0.15, 0.2) is 43.1 Å². The van der Waals surface area contributed by atoms with Crippen LogP contribution in [0.25, 0.3) is 16.8 Å². The van der Waals surface area contributed by atoms with Crippen molar-refractivity contribution in [3.8, 4) is 5.75 Å². The maximum atomic E-state index is 13.1. The van der Waals surface area contributed by atoms with Crippen LogP contribution in [-0.4, -0.2) is 63.2 Å². The van der Waals surface area contributed by atoms with Crippen LogP contribution < -0.4 is 10.1 Å². The van der Waals surface area contributed by atoms with Crippen molar-refractivity contribution >= 4 is 28.8 Å². The molecule has 5 rings (SSSR count). The number of nitrogens with one attached hydrogen (secondary N) is 2. The molecule has 2 aromatic heterocycles. The third kappa shape index (κ3) is 5.36. The van der Waals surface area contributed by atoms with E-state index in [2.05, 4.69) is 20.3 Å². The molecule has 4 heterocycles. The van der Waals surface area contributed by atoms with Gasteiger partial charge in [0.1, 0.15) is 35.2 Å². The highest BCUT2D eigenvalue weighted by atomic mass is 16.7. The molecule has 11 nitrogen and oxygen atoms in total. The minimum atomic E-state index is -0.650. The Morgan fingerprint density at radius 2 is 2.11 bits per heavy atom. The summed E-state index contributed by atoms with van der Waals surface area (Å²) >= 11 is 0. The Morgan fingerprint density at radius 1 is 1.26 bits per heavy atom. The predicted octanol–water partition coefficient (Wildman–Crippen LogP) is 4.14. The van der Waals surface area contributed by atoms with Gasteiger partial charge >= 0.3 is 6.09 Å². The second kappa shape index (κ2) is 10.2. The van der Waals surface area contributed by atoms with E-state index < -0.39 is 11.9 Å². The van der Waals surface area contributed by atoms with Gasteiger partial charge in [-0.1, -0.05) is 12.1 Å². The van der Waals surface area contributed by atoms with Gasteiger partial charge in [0.2, 0.25) is 0 Å². The predicted molar refractivity (Wildman–Crippen MR) is 138 cm³/mol. The molecule has 2 N–H and O–H groups in total. The first-order valence-electron chi connectivity index (χ1n) is 12.6. The minimum Gasteiger partial charge on any atom is -0.494 e. The Balaban J connectivity index is 1.27. The lowest BCUT2D eigenvalue weighted by Gasteiger charge is -2.24. The number of H-pyrrole nitrogens is 1. The molecule has 0 spiro atoms. The van der Waals surface area contributed by atoms with E-state index in [1.165, 1.54) is 12.6 Å². The fourth-order valence-electron chi connectivity index (χ4n) is 4.40. The lowest BCUT2D eigenvalue weighted by molar-refractivity contribution is -0.0173. The molecule has 2 atom stereocenters. The van der Waals surface area contributed by atoms with E-state index in [1.807, 2.05) is 52.0 Å². The fraction of sp³-hybridized carbons (Fsp3) is 0.407. The molecule has 1 fully saturated rings. The smallest absolute Gasteiger partial charge is 0.410 e. The van der Waals surface area contributed by atoms with E-state index in [-0.39, 0.29) is 18.0 Å². The summed E-state index contributed by atoms with van der Waals surface area (Å²) in [6, 6.07) is 7.31. The van der Waals surface area contributed by atoms with Crippen LogP contribution in [0.1, 0.15) is 62.0 Å². The van der Waals surface area contributed by atoms with E-state index in [4.69, 9.17) is 18.9 Å². The zero-order valence-corrected chi connectivity index (χ0v) is 21.8. The van der Waals surface area contributed by atoms with Crippen LogP contribution in [0.3, 0.4) is 0 Å². The van der Waals surface area contributed by atoms with Crippen molar-refractivity contribution in [1.29, 1.82) is 0 Å². The Labute approximate surface area is 220 Å².